The molecule has 0 aromatic carbocycles. The van der Waals surface area contributed by atoms with Gasteiger partial charge >= 0.3 is 6.18 Å². The Labute approximate surface area is 76.5 Å². The molecule has 6 heteroatoms. The van der Waals surface area contributed by atoms with Crippen LogP contribution in [0.2, 0.25) is 0 Å². The minimum atomic E-state index is -4.45. The third kappa shape index (κ3) is 2.23. The summed E-state index contributed by atoms with van der Waals surface area (Å²) in [5.74, 6) is 0. The van der Waals surface area contributed by atoms with Crippen LogP contribution in [0.15, 0.2) is 16.6 Å². The normalized spacial score (nSPS) is 11.7. The van der Waals surface area contributed by atoms with Crippen LogP contribution in [0.25, 0.3) is 0 Å². The zero-order valence-corrected chi connectivity index (χ0v) is 7.28. The molecule has 0 spiro atoms. The molecule has 2 radical (unpaired) electrons. The third-order valence-electron chi connectivity index (χ3n) is 1.10. The molecule has 1 aromatic heterocycles. The molecule has 1 heterocycles. The van der Waals surface area contributed by atoms with Gasteiger partial charge in [-0.3, -0.25) is 4.98 Å². The van der Waals surface area contributed by atoms with Gasteiger partial charge in [0.2, 0.25) is 0 Å². The third-order valence-corrected chi connectivity index (χ3v) is 1.56. The number of halogens is 4. The van der Waals surface area contributed by atoms with E-state index in [0.29, 0.717) is 0 Å². The fraction of sp³-hybridized carbons (Fsp3) is 0.167. The Morgan fingerprint density at radius 3 is 2.33 bits per heavy atom. The van der Waals surface area contributed by atoms with Gasteiger partial charge < -0.3 is 0 Å². The molecule has 0 fully saturated rings. The van der Waals surface area contributed by atoms with Gasteiger partial charge in [-0.05, 0) is 17.7 Å². The lowest BCUT2D eigenvalue weighted by Crippen LogP contribution is -2.16. The Morgan fingerprint density at radius 2 is 1.92 bits per heavy atom. The zero-order valence-electron chi connectivity index (χ0n) is 5.69. The summed E-state index contributed by atoms with van der Waals surface area (Å²) in [6, 6.07) is 2.17. The maximum atomic E-state index is 12.0. The van der Waals surface area contributed by atoms with Crippen LogP contribution in [0.3, 0.4) is 0 Å². The molecule has 1 rings (SSSR count). The number of aromatic nitrogens is 1. The topological polar surface area (TPSA) is 12.9 Å². The molecule has 0 aliphatic rings. The fourth-order valence-corrected chi connectivity index (χ4v) is 1.11. The monoisotopic (exact) mass is 235 g/mol. The van der Waals surface area contributed by atoms with Crippen molar-refractivity contribution >= 4 is 29.4 Å². The number of pyridine rings is 1. The molecule has 0 saturated carbocycles. The van der Waals surface area contributed by atoms with E-state index in [1.807, 2.05) is 0 Å². The molecule has 0 saturated heterocycles. The van der Waals surface area contributed by atoms with E-state index in [-0.39, 0.29) is 10.1 Å². The molecule has 0 aliphatic heterocycles. The Bertz CT molecular complexity index is 279. The molecule has 0 amide bonds. The van der Waals surface area contributed by atoms with Gasteiger partial charge in [-0.2, -0.15) is 13.2 Å². The van der Waals surface area contributed by atoms with E-state index in [1.54, 1.807) is 0 Å². The minimum absolute atomic E-state index is 0.156. The van der Waals surface area contributed by atoms with Crippen molar-refractivity contribution in [1.29, 1.82) is 0 Å². The molecular formula is C6H2BBrF3N. The lowest BCUT2D eigenvalue weighted by molar-refractivity contribution is -0.141. The Balaban J connectivity index is 3.18. The van der Waals surface area contributed by atoms with Gasteiger partial charge in [0.05, 0.1) is 0 Å². The highest BCUT2D eigenvalue weighted by Gasteiger charge is 2.32. The summed E-state index contributed by atoms with van der Waals surface area (Å²) in [7, 11) is 5.12. The Kier molecular flexibility index (Phi) is 2.46. The number of rotatable bonds is 0. The van der Waals surface area contributed by atoms with Crippen molar-refractivity contribution in [2.45, 2.75) is 6.18 Å². The van der Waals surface area contributed by atoms with Crippen molar-refractivity contribution in [1.82, 2.24) is 4.98 Å². The van der Waals surface area contributed by atoms with Gasteiger partial charge in [0.15, 0.2) is 0 Å². The largest absolute Gasteiger partial charge is 0.433 e. The van der Waals surface area contributed by atoms with Crippen LogP contribution in [0.4, 0.5) is 13.2 Å². The minimum Gasteiger partial charge on any atom is -0.260 e. The molecule has 1 nitrogen and oxygen atoms in total. The van der Waals surface area contributed by atoms with Crippen molar-refractivity contribution in [3.63, 3.8) is 0 Å². The smallest absolute Gasteiger partial charge is 0.260 e. The Hall–Kier alpha value is -0.515. The first-order chi connectivity index (χ1) is 5.39. The Morgan fingerprint density at radius 1 is 1.33 bits per heavy atom. The van der Waals surface area contributed by atoms with Crippen LogP contribution >= 0.6 is 15.9 Å². The van der Waals surface area contributed by atoms with E-state index in [9.17, 15) is 13.2 Å². The standard InChI is InChI=1S/C6H2BBrF3N/c7-5-2-3(8)1-4(12-5)6(9,10)11/h1-2H. The van der Waals surface area contributed by atoms with Crippen LogP contribution in [-0.2, 0) is 6.18 Å². The van der Waals surface area contributed by atoms with Gasteiger partial charge in [-0.15, -0.1) is 0 Å². The highest BCUT2D eigenvalue weighted by Crippen LogP contribution is 2.28. The second-order valence-corrected chi connectivity index (χ2v) is 3.01. The van der Waals surface area contributed by atoms with E-state index < -0.39 is 11.9 Å². The van der Waals surface area contributed by atoms with Crippen molar-refractivity contribution in [2.75, 3.05) is 0 Å². The van der Waals surface area contributed by atoms with Gasteiger partial charge in [0.25, 0.3) is 0 Å². The lowest BCUT2D eigenvalue weighted by Gasteiger charge is -2.06. The molecule has 0 bridgehead atoms. The quantitative estimate of drug-likeness (QED) is 0.624. The van der Waals surface area contributed by atoms with Crippen LogP contribution in [0.1, 0.15) is 5.69 Å². The first-order valence-electron chi connectivity index (χ1n) is 2.90. The highest BCUT2D eigenvalue weighted by molar-refractivity contribution is 9.10. The lowest BCUT2D eigenvalue weighted by atomic mass is 10.0. The number of alkyl halides is 3. The molecule has 0 aliphatic carbocycles. The average Bonchev–Trinajstić information content (AvgIpc) is 1.82. The molecule has 1 aromatic rings. The summed E-state index contributed by atoms with van der Waals surface area (Å²) in [5, 5.41) is 0. The molecular weight excluding hydrogens is 234 g/mol. The van der Waals surface area contributed by atoms with E-state index >= 15 is 0 Å². The van der Waals surface area contributed by atoms with E-state index in [0.717, 1.165) is 6.07 Å². The van der Waals surface area contributed by atoms with Crippen LogP contribution in [-0.4, -0.2) is 12.8 Å². The van der Waals surface area contributed by atoms with E-state index in [4.69, 9.17) is 7.85 Å². The van der Waals surface area contributed by atoms with Crippen molar-refractivity contribution in [3.8, 4) is 0 Å². The van der Waals surface area contributed by atoms with Crippen molar-refractivity contribution in [3.05, 3.63) is 22.3 Å². The van der Waals surface area contributed by atoms with Crippen LogP contribution in [0, 0.1) is 0 Å². The molecule has 0 unspecified atom stereocenters. The van der Waals surface area contributed by atoms with Crippen LogP contribution < -0.4 is 5.59 Å². The molecule has 0 atom stereocenters. The van der Waals surface area contributed by atoms with Crippen LogP contribution in [0.5, 0.6) is 0 Å². The summed E-state index contributed by atoms with van der Waals surface area (Å²) in [6.07, 6.45) is -4.45. The summed E-state index contributed by atoms with van der Waals surface area (Å²) < 4.78 is 36.3. The highest BCUT2D eigenvalue weighted by atomic mass is 79.9. The summed E-state index contributed by atoms with van der Waals surface area (Å²) in [6.45, 7) is 0. The summed E-state index contributed by atoms with van der Waals surface area (Å²) in [4.78, 5) is 3.13. The fourth-order valence-electron chi connectivity index (χ4n) is 0.662. The average molecular weight is 236 g/mol. The van der Waals surface area contributed by atoms with E-state index in [1.165, 1.54) is 6.07 Å². The number of hydrogen-bond acceptors (Lipinski definition) is 1. The first-order valence-corrected chi connectivity index (χ1v) is 3.69. The molecule has 12 heavy (non-hydrogen) atoms. The van der Waals surface area contributed by atoms with Crippen molar-refractivity contribution < 1.29 is 13.2 Å². The maximum Gasteiger partial charge on any atom is 0.433 e. The molecule has 0 N–H and O–H groups in total. The number of nitrogens with zero attached hydrogens (tertiary/aromatic N) is 1. The SMILES string of the molecule is [B]c1cc(Br)cc(C(F)(F)F)n1. The number of hydrogen-bond donors (Lipinski definition) is 0. The van der Waals surface area contributed by atoms with Gasteiger partial charge in [-0.1, -0.05) is 15.9 Å². The van der Waals surface area contributed by atoms with Gasteiger partial charge in [0, 0.05) is 4.47 Å². The second kappa shape index (κ2) is 3.09. The maximum absolute atomic E-state index is 12.0. The zero-order chi connectivity index (χ0) is 9.35. The first kappa shape index (κ1) is 9.57. The van der Waals surface area contributed by atoms with E-state index in [2.05, 4.69) is 20.9 Å². The predicted octanol–water partition coefficient (Wildman–Crippen LogP) is 1.66. The van der Waals surface area contributed by atoms with Gasteiger partial charge in [-0.25, -0.2) is 0 Å². The second-order valence-electron chi connectivity index (χ2n) is 2.09. The van der Waals surface area contributed by atoms with Gasteiger partial charge in [0.1, 0.15) is 13.5 Å². The predicted molar refractivity (Wildman–Crippen MR) is 42.3 cm³/mol. The summed E-state index contributed by atoms with van der Waals surface area (Å²) >= 11 is 2.89. The van der Waals surface area contributed by atoms with Crippen molar-refractivity contribution in [2.24, 2.45) is 0 Å². The molecule has 62 valence electrons. The summed E-state index contributed by atoms with van der Waals surface area (Å²) in [5.41, 5.74) is -1.15.